The summed E-state index contributed by atoms with van der Waals surface area (Å²) in [6.45, 7) is 8.62. The van der Waals surface area contributed by atoms with Crippen LogP contribution in [0.25, 0.3) is 0 Å². The van der Waals surface area contributed by atoms with E-state index >= 15 is 0 Å². The van der Waals surface area contributed by atoms with Crippen LogP contribution >= 0.6 is 0 Å². The molecule has 1 aliphatic heterocycles. The van der Waals surface area contributed by atoms with Gasteiger partial charge in [-0.05, 0) is 74.1 Å². The molecule has 0 aromatic heterocycles. The van der Waals surface area contributed by atoms with Crippen LogP contribution in [0.1, 0.15) is 69.9 Å². The molecule has 0 spiro atoms. The number of nitrogens with zero attached hydrogens (tertiary/aromatic N) is 1. The zero-order valence-corrected chi connectivity index (χ0v) is 20.0. The van der Waals surface area contributed by atoms with Gasteiger partial charge in [-0.2, -0.15) is 13.2 Å². The van der Waals surface area contributed by atoms with Crippen molar-refractivity contribution in [2.45, 2.75) is 65.7 Å². The van der Waals surface area contributed by atoms with Crippen molar-refractivity contribution in [3.8, 4) is 0 Å². The Morgan fingerprint density at radius 2 is 1.68 bits per heavy atom. The fourth-order valence-corrected chi connectivity index (χ4v) is 4.00. The Kier molecular flexibility index (Phi) is 7.19. The second-order valence-corrected chi connectivity index (χ2v) is 9.12. The first-order chi connectivity index (χ1) is 15.8. The molecule has 0 aliphatic carbocycles. The van der Waals surface area contributed by atoms with E-state index in [-0.39, 0.29) is 18.6 Å². The van der Waals surface area contributed by atoms with Gasteiger partial charge in [0.15, 0.2) is 11.4 Å². The van der Waals surface area contributed by atoms with Crippen molar-refractivity contribution in [3.05, 3.63) is 69.3 Å². The predicted molar refractivity (Wildman–Crippen MR) is 124 cm³/mol. The molecule has 2 aromatic rings. The van der Waals surface area contributed by atoms with Crippen molar-refractivity contribution < 1.29 is 27.6 Å². The summed E-state index contributed by atoms with van der Waals surface area (Å²) < 4.78 is 36.6. The highest BCUT2D eigenvalue weighted by molar-refractivity contribution is 6.04. The number of nitrogens with one attached hydrogen (secondary N) is 1. The third-order valence-electron chi connectivity index (χ3n) is 6.32. The largest absolute Gasteiger partial charge is 0.405 e. The monoisotopic (exact) mass is 474 g/mol. The SMILES string of the molecule is Cc1cc(C2=NO[C@](C)(c3cc(C)c(C)c(C)c3)C2)ccc1C(=O)CCC(=O)NCC(F)(F)F. The van der Waals surface area contributed by atoms with Gasteiger partial charge in [-0.1, -0.05) is 29.4 Å². The van der Waals surface area contributed by atoms with Crippen LogP contribution < -0.4 is 5.32 Å². The zero-order valence-electron chi connectivity index (χ0n) is 20.0. The lowest BCUT2D eigenvalue weighted by molar-refractivity contribution is -0.138. The minimum Gasteiger partial charge on any atom is -0.384 e. The standard InChI is InChI=1S/C26H29F3N2O3/c1-15-11-20(12-16(2)18(15)4)25(5)13-22(31-34-25)19-6-7-21(17(3)10-19)23(32)8-9-24(33)30-14-26(27,28)29/h6-7,10-12H,8-9,13-14H2,1-5H3,(H,30,33)/t25-/m0/s1. The van der Waals surface area contributed by atoms with E-state index in [1.165, 1.54) is 16.7 Å². The van der Waals surface area contributed by atoms with Gasteiger partial charge in [0.1, 0.15) is 6.54 Å². The highest BCUT2D eigenvalue weighted by Crippen LogP contribution is 2.37. The zero-order chi connectivity index (χ0) is 25.3. The maximum absolute atomic E-state index is 12.5. The Morgan fingerprint density at radius 1 is 1.03 bits per heavy atom. The van der Waals surface area contributed by atoms with Crippen molar-refractivity contribution in [2.24, 2.45) is 5.16 Å². The van der Waals surface area contributed by atoms with Gasteiger partial charge in [-0.15, -0.1) is 0 Å². The summed E-state index contributed by atoms with van der Waals surface area (Å²) in [4.78, 5) is 30.0. The fourth-order valence-electron chi connectivity index (χ4n) is 4.00. The molecule has 3 rings (SSSR count). The molecule has 1 aliphatic rings. The number of hydrogen-bond donors (Lipinski definition) is 1. The van der Waals surface area contributed by atoms with Crippen molar-refractivity contribution in [1.29, 1.82) is 0 Å². The summed E-state index contributed by atoms with van der Waals surface area (Å²) in [5.74, 6) is -1.11. The fraction of sp³-hybridized carbons (Fsp3) is 0.423. The lowest BCUT2D eigenvalue weighted by Gasteiger charge is -2.24. The summed E-state index contributed by atoms with van der Waals surface area (Å²) in [6, 6.07) is 9.54. The number of oxime groups is 1. The summed E-state index contributed by atoms with van der Waals surface area (Å²) in [5, 5.41) is 6.10. The van der Waals surface area contributed by atoms with Gasteiger partial charge in [0, 0.05) is 24.8 Å². The van der Waals surface area contributed by atoms with Crippen molar-refractivity contribution in [3.63, 3.8) is 0 Å². The molecule has 0 unspecified atom stereocenters. The molecule has 0 saturated heterocycles. The van der Waals surface area contributed by atoms with Crippen LogP contribution in [-0.2, 0) is 15.2 Å². The molecule has 2 aromatic carbocycles. The maximum Gasteiger partial charge on any atom is 0.405 e. The number of hydrogen-bond acceptors (Lipinski definition) is 4. The molecule has 1 amide bonds. The number of alkyl halides is 3. The smallest absolute Gasteiger partial charge is 0.384 e. The van der Waals surface area contributed by atoms with E-state index in [1.54, 1.807) is 24.4 Å². The van der Waals surface area contributed by atoms with E-state index in [9.17, 15) is 22.8 Å². The third-order valence-corrected chi connectivity index (χ3v) is 6.32. The highest BCUT2D eigenvalue weighted by atomic mass is 19.4. The summed E-state index contributed by atoms with van der Waals surface area (Å²) in [6.07, 6.45) is -4.38. The number of benzene rings is 2. The average Bonchev–Trinajstić information content (AvgIpc) is 3.16. The number of halogens is 3. The molecule has 34 heavy (non-hydrogen) atoms. The minimum atomic E-state index is -4.48. The summed E-state index contributed by atoms with van der Waals surface area (Å²) in [7, 11) is 0. The van der Waals surface area contributed by atoms with Crippen LogP contribution in [0.4, 0.5) is 13.2 Å². The summed E-state index contributed by atoms with van der Waals surface area (Å²) >= 11 is 0. The van der Waals surface area contributed by atoms with Gasteiger partial charge >= 0.3 is 6.18 Å². The Morgan fingerprint density at radius 3 is 2.26 bits per heavy atom. The number of ketones is 1. The molecule has 8 heteroatoms. The van der Waals surface area contributed by atoms with E-state index in [4.69, 9.17) is 4.84 Å². The molecular weight excluding hydrogens is 445 g/mol. The summed E-state index contributed by atoms with van der Waals surface area (Å²) in [5.41, 5.74) is 6.84. The lowest BCUT2D eigenvalue weighted by Crippen LogP contribution is -2.33. The Labute approximate surface area is 197 Å². The Balaban J connectivity index is 1.66. The second kappa shape index (κ2) is 9.60. The van der Waals surface area contributed by atoms with Gasteiger partial charge in [-0.25, -0.2) is 0 Å². The first-order valence-corrected chi connectivity index (χ1v) is 11.1. The van der Waals surface area contributed by atoms with Crippen molar-refractivity contribution in [2.75, 3.05) is 6.54 Å². The Bertz CT molecular complexity index is 1130. The van der Waals surface area contributed by atoms with Crippen LogP contribution in [0, 0.1) is 27.7 Å². The number of aryl methyl sites for hydroxylation is 3. The van der Waals surface area contributed by atoms with E-state index in [1.807, 2.05) is 13.0 Å². The number of amides is 1. The van der Waals surface area contributed by atoms with Crippen molar-refractivity contribution >= 4 is 17.4 Å². The van der Waals surface area contributed by atoms with E-state index in [0.717, 1.165) is 16.8 Å². The molecule has 0 radical (unpaired) electrons. The van der Waals surface area contributed by atoms with Gasteiger partial charge < -0.3 is 10.2 Å². The topological polar surface area (TPSA) is 67.8 Å². The van der Waals surface area contributed by atoms with Crippen LogP contribution in [0.5, 0.6) is 0 Å². The molecule has 0 saturated carbocycles. The number of rotatable bonds is 7. The predicted octanol–water partition coefficient (Wildman–Crippen LogP) is 5.60. The van der Waals surface area contributed by atoms with Gasteiger partial charge in [0.25, 0.3) is 0 Å². The van der Waals surface area contributed by atoms with E-state index < -0.39 is 24.2 Å². The van der Waals surface area contributed by atoms with Crippen LogP contribution in [-0.4, -0.2) is 30.1 Å². The quantitative estimate of drug-likeness (QED) is 0.531. The third kappa shape index (κ3) is 5.85. The Hall–Kier alpha value is -3.16. The molecule has 1 atom stereocenters. The molecule has 0 fully saturated rings. The van der Waals surface area contributed by atoms with Gasteiger partial charge in [0.05, 0.1) is 5.71 Å². The average molecular weight is 475 g/mol. The number of Topliss-reactive ketones (excluding diaryl/α,β-unsaturated/α-hetero) is 1. The first kappa shape index (κ1) is 25.5. The van der Waals surface area contributed by atoms with Gasteiger partial charge in [0.2, 0.25) is 5.91 Å². The number of carbonyl (C=O) groups is 2. The lowest BCUT2D eigenvalue weighted by atomic mass is 9.85. The normalized spacial score (nSPS) is 17.8. The maximum atomic E-state index is 12.5. The van der Waals surface area contributed by atoms with E-state index in [2.05, 4.69) is 38.1 Å². The van der Waals surface area contributed by atoms with Crippen molar-refractivity contribution in [1.82, 2.24) is 5.32 Å². The number of carbonyl (C=O) groups excluding carboxylic acids is 2. The minimum absolute atomic E-state index is 0.169. The highest BCUT2D eigenvalue weighted by Gasteiger charge is 2.37. The molecule has 182 valence electrons. The molecule has 1 heterocycles. The van der Waals surface area contributed by atoms with Crippen LogP contribution in [0.2, 0.25) is 0 Å². The molecular formula is C26H29F3N2O3. The van der Waals surface area contributed by atoms with Crippen LogP contribution in [0.15, 0.2) is 35.5 Å². The molecule has 1 N–H and O–H groups in total. The molecule has 5 nitrogen and oxygen atoms in total. The second-order valence-electron chi connectivity index (χ2n) is 9.12. The van der Waals surface area contributed by atoms with Gasteiger partial charge in [-0.3, -0.25) is 9.59 Å². The first-order valence-electron chi connectivity index (χ1n) is 11.1. The van der Waals surface area contributed by atoms with E-state index in [0.29, 0.717) is 17.5 Å². The molecule has 0 bridgehead atoms. The van der Waals surface area contributed by atoms with Crippen LogP contribution in [0.3, 0.4) is 0 Å².